The van der Waals surface area contributed by atoms with Gasteiger partial charge in [-0.15, -0.1) is 0 Å². The van der Waals surface area contributed by atoms with Gasteiger partial charge in [-0.2, -0.15) is 0 Å². The number of nitrogens with zero attached hydrogens (tertiary/aromatic N) is 2. The number of fused-ring (bicyclic) bond motifs is 1. The number of hydrogen-bond acceptors (Lipinski definition) is 5. The molecule has 0 aromatic heterocycles. The van der Waals surface area contributed by atoms with Gasteiger partial charge in [0, 0.05) is 25.2 Å². The summed E-state index contributed by atoms with van der Waals surface area (Å²) in [6, 6.07) is 7.12. The van der Waals surface area contributed by atoms with E-state index in [0.29, 0.717) is 31.7 Å². The van der Waals surface area contributed by atoms with Crippen molar-refractivity contribution >= 4 is 11.8 Å². The molecular formula is C19H28N2O4. The maximum atomic E-state index is 12.7. The number of aliphatic hydroxyl groups excluding tert-OH is 1. The summed E-state index contributed by atoms with van der Waals surface area (Å²) >= 11 is 0. The number of hydrogen-bond donors (Lipinski definition) is 2. The Labute approximate surface area is 149 Å². The third-order valence-corrected chi connectivity index (χ3v) is 4.84. The Kier molecular flexibility index (Phi) is 4.56. The molecule has 1 aromatic carbocycles. The number of aliphatic hydroxyl groups is 2. The number of benzene rings is 1. The minimum absolute atomic E-state index is 0.267. The van der Waals surface area contributed by atoms with Crippen LogP contribution in [0.4, 0.5) is 10.5 Å². The predicted molar refractivity (Wildman–Crippen MR) is 95.6 cm³/mol. The zero-order valence-corrected chi connectivity index (χ0v) is 15.4. The summed E-state index contributed by atoms with van der Waals surface area (Å²) in [7, 11) is 0. The number of amides is 1. The van der Waals surface area contributed by atoms with Gasteiger partial charge in [0.2, 0.25) is 0 Å². The highest BCUT2D eigenvalue weighted by atomic mass is 16.6. The van der Waals surface area contributed by atoms with Gasteiger partial charge in [-0.3, -0.25) is 9.80 Å². The van der Waals surface area contributed by atoms with E-state index in [1.165, 1.54) is 0 Å². The Morgan fingerprint density at radius 3 is 2.60 bits per heavy atom. The first-order chi connectivity index (χ1) is 11.6. The summed E-state index contributed by atoms with van der Waals surface area (Å²) in [6.07, 6.45) is -0.462. The molecule has 1 saturated heterocycles. The van der Waals surface area contributed by atoms with Crippen molar-refractivity contribution in [1.29, 1.82) is 0 Å². The molecule has 1 amide bonds. The van der Waals surface area contributed by atoms with Gasteiger partial charge in [0.05, 0.1) is 23.4 Å². The molecule has 2 aliphatic rings. The number of rotatable bonds is 1. The molecule has 0 spiro atoms. The Morgan fingerprint density at radius 1 is 1.32 bits per heavy atom. The third kappa shape index (κ3) is 3.81. The smallest absolute Gasteiger partial charge is 0.414 e. The van der Waals surface area contributed by atoms with Gasteiger partial charge in [-0.05, 0) is 40.2 Å². The van der Waals surface area contributed by atoms with Gasteiger partial charge in [0.15, 0.2) is 0 Å². The molecule has 2 aliphatic heterocycles. The second-order valence-electron chi connectivity index (χ2n) is 8.38. The number of likely N-dealkylation sites (tertiary alicyclic amines) is 1. The van der Waals surface area contributed by atoms with E-state index in [1.807, 2.05) is 52.0 Å². The first kappa shape index (κ1) is 18.2. The van der Waals surface area contributed by atoms with Crippen molar-refractivity contribution in [3.63, 3.8) is 0 Å². The monoisotopic (exact) mass is 348 g/mol. The predicted octanol–water partition coefficient (Wildman–Crippen LogP) is 2.30. The van der Waals surface area contributed by atoms with Gasteiger partial charge >= 0.3 is 6.09 Å². The Morgan fingerprint density at radius 2 is 2.00 bits per heavy atom. The van der Waals surface area contributed by atoms with Gasteiger partial charge in [-0.25, -0.2) is 4.79 Å². The van der Waals surface area contributed by atoms with E-state index in [0.717, 1.165) is 5.56 Å². The van der Waals surface area contributed by atoms with Crippen molar-refractivity contribution in [2.45, 2.75) is 57.5 Å². The lowest BCUT2D eigenvalue weighted by Gasteiger charge is -2.42. The number of carbonyl (C=O) groups excluding carboxylic acids is 1. The van der Waals surface area contributed by atoms with Gasteiger partial charge in [0.25, 0.3) is 0 Å². The van der Waals surface area contributed by atoms with Crippen LogP contribution in [-0.4, -0.2) is 58.1 Å². The van der Waals surface area contributed by atoms with Crippen LogP contribution in [0.25, 0.3) is 0 Å². The molecule has 3 rings (SSSR count). The lowest BCUT2D eigenvalue weighted by atomic mass is 9.94. The van der Waals surface area contributed by atoms with Crippen LogP contribution < -0.4 is 4.90 Å². The maximum absolute atomic E-state index is 12.7. The highest BCUT2D eigenvalue weighted by molar-refractivity contribution is 5.90. The second kappa shape index (κ2) is 6.27. The Hall–Kier alpha value is -1.63. The van der Waals surface area contributed by atoms with Crippen molar-refractivity contribution in [2.75, 3.05) is 24.5 Å². The molecular weight excluding hydrogens is 320 g/mol. The molecule has 0 saturated carbocycles. The van der Waals surface area contributed by atoms with Crippen molar-refractivity contribution < 1.29 is 19.7 Å². The SMILES string of the molecule is CC(C)(C)OC(=O)N1C[C@H](N2CC[C@](C)(O)C2)[C@H](O)c2ccccc21. The standard InChI is InChI=1S/C19H28N2O4/c1-18(2,3)25-17(23)21-11-15(20-10-9-19(4,24)12-20)16(22)13-7-5-6-8-14(13)21/h5-8,15-16,22,24H,9-12H2,1-4H3/t15-,16+,19-/m0/s1. The molecule has 0 aliphatic carbocycles. The molecule has 0 unspecified atom stereocenters. The van der Waals surface area contributed by atoms with Crippen molar-refractivity contribution in [3.05, 3.63) is 29.8 Å². The summed E-state index contributed by atoms with van der Waals surface area (Å²) in [4.78, 5) is 16.4. The summed E-state index contributed by atoms with van der Waals surface area (Å²) in [5.41, 5.74) is 0.0603. The fourth-order valence-electron chi connectivity index (χ4n) is 3.64. The van der Waals surface area contributed by atoms with Crippen LogP contribution >= 0.6 is 0 Å². The zero-order chi connectivity index (χ0) is 18.4. The molecule has 138 valence electrons. The molecule has 1 fully saturated rings. The highest BCUT2D eigenvalue weighted by Crippen LogP contribution is 2.38. The number of carbonyl (C=O) groups is 1. The Bertz CT molecular complexity index is 653. The van der Waals surface area contributed by atoms with Crippen LogP contribution in [-0.2, 0) is 4.74 Å². The molecule has 6 heteroatoms. The summed E-state index contributed by atoms with van der Waals surface area (Å²) < 4.78 is 5.56. The normalized spacial score (nSPS) is 30.2. The molecule has 2 N–H and O–H groups in total. The Balaban J connectivity index is 1.91. The summed E-state index contributed by atoms with van der Waals surface area (Å²) in [5.74, 6) is 0. The van der Waals surface area contributed by atoms with Crippen LogP contribution in [0.15, 0.2) is 24.3 Å². The average Bonchev–Trinajstić information content (AvgIpc) is 2.86. The fourth-order valence-corrected chi connectivity index (χ4v) is 3.64. The van der Waals surface area contributed by atoms with Crippen molar-refractivity contribution in [3.8, 4) is 0 Å². The molecule has 25 heavy (non-hydrogen) atoms. The van der Waals surface area contributed by atoms with Crippen LogP contribution in [0.5, 0.6) is 0 Å². The van der Waals surface area contributed by atoms with E-state index in [4.69, 9.17) is 4.74 Å². The lowest BCUT2D eigenvalue weighted by Crippen LogP contribution is -2.53. The van der Waals surface area contributed by atoms with Crippen LogP contribution in [0.3, 0.4) is 0 Å². The molecule has 0 radical (unpaired) electrons. The van der Waals surface area contributed by atoms with Gasteiger partial charge < -0.3 is 14.9 Å². The first-order valence-corrected chi connectivity index (χ1v) is 8.81. The molecule has 2 heterocycles. The van der Waals surface area contributed by atoms with E-state index >= 15 is 0 Å². The van der Waals surface area contributed by atoms with Crippen LogP contribution in [0.1, 0.15) is 45.8 Å². The van der Waals surface area contributed by atoms with E-state index in [9.17, 15) is 15.0 Å². The average molecular weight is 348 g/mol. The third-order valence-electron chi connectivity index (χ3n) is 4.84. The molecule has 6 nitrogen and oxygen atoms in total. The minimum atomic E-state index is -0.757. The number of β-amino-alcohol motifs (C(OH)–C–C–N with tert-alkyl or cyclic N) is 1. The summed E-state index contributed by atoms with van der Waals surface area (Å²) in [6.45, 7) is 8.84. The highest BCUT2D eigenvalue weighted by Gasteiger charge is 2.43. The number of ether oxygens (including phenoxy) is 1. The topological polar surface area (TPSA) is 73.2 Å². The number of para-hydroxylation sites is 1. The van der Waals surface area contributed by atoms with Crippen molar-refractivity contribution in [2.24, 2.45) is 0 Å². The summed E-state index contributed by atoms with van der Waals surface area (Å²) in [5, 5.41) is 21.2. The van der Waals surface area contributed by atoms with Crippen LogP contribution in [0, 0.1) is 0 Å². The molecule has 0 bridgehead atoms. The van der Waals surface area contributed by atoms with Gasteiger partial charge in [-0.1, -0.05) is 18.2 Å². The van der Waals surface area contributed by atoms with E-state index in [1.54, 1.807) is 4.90 Å². The fraction of sp³-hybridized carbons (Fsp3) is 0.632. The van der Waals surface area contributed by atoms with E-state index < -0.39 is 23.4 Å². The van der Waals surface area contributed by atoms with Crippen LogP contribution in [0.2, 0.25) is 0 Å². The first-order valence-electron chi connectivity index (χ1n) is 8.81. The zero-order valence-electron chi connectivity index (χ0n) is 15.4. The van der Waals surface area contributed by atoms with Crippen molar-refractivity contribution in [1.82, 2.24) is 4.90 Å². The number of anilines is 1. The lowest BCUT2D eigenvalue weighted by molar-refractivity contribution is 0.0244. The molecule has 3 atom stereocenters. The quantitative estimate of drug-likeness (QED) is 0.815. The van der Waals surface area contributed by atoms with Gasteiger partial charge in [0.1, 0.15) is 5.60 Å². The minimum Gasteiger partial charge on any atom is -0.443 e. The van der Waals surface area contributed by atoms with E-state index in [-0.39, 0.29) is 6.04 Å². The molecule has 1 aromatic rings. The maximum Gasteiger partial charge on any atom is 0.414 e. The van der Waals surface area contributed by atoms with E-state index in [2.05, 4.69) is 4.90 Å². The largest absolute Gasteiger partial charge is 0.443 e. The second-order valence-corrected chi connectivity index (χ2v) is 8.38.